The molecule has 3 aromatic rings. The maximum absolute atomic E-state index is 12.3. The van der Waals surface area contributed by atoms with E-state index in [1.807, 2.05) is 47.9 Å². The summed E-state index contributed by atoms with van der Waals surface area (Å²) >= 11 is 1.31. The molecule has 0 aliphatic heterocycles. The van der Waals surface area contributed by atoms with Crippen molar-refractivity contribution < 1.29 is 9.53 Å². The third-order valence-electron chi connectivity index (χ3n) is 3.98. The third kappa shape index (κ3) is 4.69. The van der Waals surface area contributed by atoms with Crippen molar-refractivity contribution in [2.24, 2.45) is 0 Å². The Morgan fingerprint density at radius 2 is 1.89 bits per heavy atom. The van der Waals surface area contributed by atoms with Gasteiger partial charge in [-0.2, -0.15) is 5.26 Å². The van der Waals surface area contributed by atoms with Crippen LogP contribution >= 0.6 is 11.8 Å². The number of aromatic nitrogens is 3. The number of carbonyl (C=O) groups is 1. The number of hydrogen-bond acceptors (Lipinski definition) is 6. The van der Waals surface area contributed by atoms with E-state index in [4.69, 9.17) is 10.00 Å². The Bertz CT molecular complexity index is 991. The Hall–Kier alpha value is -3.31. The lowest BCUT2D eigenvalue weighted by Crippen LogP contribution is -2.14. The highest BCUT2D eigenvalue weighted by Gasteiger charge is 2.13. The number of ether oxygens (including phenoxy) is 1. The van der Waals surface area contributed by atoms with Crippen LogP contribution < -0.4 is 10.1 Å². The molecule has 1 heterocycles. The van der Waals surface area contributed by atoms with Crippen LogP contribution in [0.1, 0.15) is 11.4 Å². The van der Waals surface area contributed by atoms with E-state index in [9.17, 15) is 4.79 Å². The SMILES string of the molecule is COc1ccc(-n2c(C)nnc2SCC(=O)Nc2ccc(CC#N)cc2)cc1. The average Bonchev–Trinajstić information content (AvgIpc) is 3.08. The fourth-order valence-corrected chi connectivity index (χ4v) is 3.39. The highest BCUT2D eigenvalue weighted by molar-refractivity contribution is 7.99. The van der Waals surface area contributed by atoms with Gasteiger partial charge in [0.15, 0.2) is 5.16 Å². The molecule has 2 aromatic carbocycles. The number of amides is 1. The molecule has 0 aliphatic rings. The van der Waals surface area contributed by atoms with Crippen LogP contribution in [-0.4, -0.2) is 33.5 Å². The topological polar surface area (TPSA) is 92.8 Å². The summed E-state index contributed by atoms with van der Waals surface area (Å²) in [5.41, 5.74) is 2.51. The summed E-state index contributed by atoms with van der Waals surface area (Å²) < 4.78 is 7.09. The maximum atomic E-state index is 12.3. The highest BCUT2D eigenvalue weighted by atomic mass is 32.2. The van der Waals surface area contributed by atoms with Crippen LogP contribution in [0, 0.1) is 18.3 Å². The van der Waals surface area contributed by atoms with Gasteiger partial charge in [0.1, 0.15) is 11.6 Å². The molecule has 7 nitrogen and oxygen atoms in total. The van der Waals surface area contributed by atoms with Gasteiger partial charge in [-0.1, -0.05) is 23.9 Å². The number of rotatable bonds is 7. The minimum atomic E-state index is -0.139. The van der Waals surface area contributed by atoms with Crippen LogP contribution in [0.2, 0.25) is 0 Å². The summed E-state index contributed by atoms with van der Waals surface area (Å²) in [7, 11) is 1.62. The average molecular weight is 393 g/mol. The molecule has 0 radical (unpaired) electrons. The number of benzene rings is 2. The van der Waals surface area contributed by atoms with E-state index in [2.05, 4.69) is 21.6 Å². The van der Waals surface area contributed by atoms with Crippen LogP contribution in [0.5, 0.6) is 5.75 Å². The zero-order valence-electron chi connectivity index (χ0n) is 15.5. The lowest BCUT2D eigenvalue weighted by atomic mass is 10.1. The van der Waals surface area contributed by atoms with E-state index in [0.29, 0.717) is 17.3 Å². The minimum absolute atomic E-state index is 0.139. The number of methoxy groups -OCH3 is 1. The van der Waals surface area contributed by atoms with Crippen LogP contribution in [0.25, 0.3) is 5.69 Å². The predicted octanol–water partition coefficient (Wildman–Crippen LogP) is 3.38. The molecule has 0 aliphatic carbocycles. The van der Waals surface area contributed by atoms with Gasteiger partial charge in [0.2, 0.25) is 5.91 Å². The molecule has 8 heteroatoms. The predicted molar refractivity (Wildman–Crippen MR) is 108 cm³/mol. The molecule has 28 heavy (non-hydrogen) atoms. The van der Waals surface area contributed by atoms with Crippen molar-refractivity contribution in [3.63, 3.8) is 0 Å². The second kappa shape index (κ2) is 9.06. The molecule has 0 saturated carbocycles. The van der Waals surface area contributed by atoms with E-state index in [0.717, 1.165) is 22.8 Å². The second-order valence-corrected chi connectivity index (χ2v) is 6.87. The first-order valence-electron chi connectivity index (χ1n) is 8.55. The molecule has 0 unspecified atom stereocenters. The lowest BCUT2D eigenvalue weighted by Gasteiger charge is -2.09. The van der Waals surface area contributed by atoms with E-state index in [1.54, 1.807) is 19.2 Å². The van der Waals surface area contributed by atoms with E-state index in [1.165, 1.54) is 11.8 Å². The number of nitrogens with zero attached hydrogens (tertiary/aromatic N) is 4. The molecule has 0 bridgehead atoms. The zero-order valence-corrected chi connectivity index (χ0v) is 16.4. The van der Waals surface area contributed by atoms with Crippen molar-refractivity contribution in [1.29, 1.82) is 5.26 Å². The first-order chi connectivity index (χ1) is 13.6. The molecular weight excluding hydrogens is 374 g/mol. The number of thioether (sulfide) groups is 1. The van der Waals surface area contributed by atoms with Crippen LogP contribution in [-0.2, 0) is 11.2 Å². The largest absolute Gasteiger partial charge is 0.497 e. The Kier molecular flexibility index (Phi) is 6.29. The van der Waals surface area contributed by atoms with E-state index < -0.39 is 0 Å². The second-order valence-electron chi connectivity index (χ2n) is 5.93. The quantitative estimate of drug-likeness (QED) is 0.619. The van der Waals surface area contributed by atoms with Crippen molar-refractivity contribution in [3.05, 3.63) is 59.9 Å². The van der Waals surface area contributed by atoms with Crippen LogP contribution in [0.4, 0.5) is 5.69 Å². The summed E-state index contributed by atoms with van der Waals surface area (Å²) in [6, 6.07) is 16.9. The first-order valence-corrected chi connectivity index (χ1v) is 9.54. The molecule has 142 valence electrons. The Balaban J connectivity index is 1.64. The van der Waals surface area contributed by atoms with Gasteiger partial charge in [-0.05, 0) is 48.9 Å². The van der Waals surface area contributed by atoms with Crippen molar-refractivity contribution in [3.8, 4) is 17.5 Å². The van der Waals surface area contributed by atoms with E-state index in [-0.39, 0.29) is 11.7 Å². The monoisotopic (exact) mass is 393 g/mol. The molecule has 0 saturated heterocycles. The number of nitrogens with one attached hydrogen (secondary N) is 1. The maximum Gasteiger partial charge on any atom is 0.234 e. The van der Waals surface area contributed by atoms with Gasteiger partial charge < -0.3 is 10.1 Å². The summed E-state index contributed by atoms with van der Waals surface area (Å²) in [6.45, 7) is 1.87. The van der Waals surface area contributed by atoms with Gasteiger partial charge in [-0.25, -0.2) is 0 Å². The molecule has 0 fully saturated rings. The fraction of sp³-hybridized carbons (Fsp3) is 0.200. The van der Waals surface area contributed by atoms with Gasteiger partial charge in [0, 0.05) is 11.4 Å². The minimum Gasteiger partial charge on any atom is -0.497 e. The van der Waals surface area contributed by atoms with Gasteiger partial charge >= 0.3 is 0 Å². The van der Waals surface area contributed by atoms with Gasteiger partial charge in [-0.3, -0.25) is 9.36 Å². The summed E-state index contributed by atoms with van der Waals surface area (Å²) in [6.07, 6.45) is 0.352. The third-order valence-corrected chi connectivity index (χ3v) is 4.91. The first kappa shape index (κ1) is 19.5. The van der Waals surface area contributed by atoms with Crippen LogP contribution in [0.15, 0.2) is 53.7 Å². The number of carbonyl (C=O) groups excluding carboxylic acids is 1. The van der Waals surface area contributed by atoms with Crippen molar-refractivity contribution in [1.82, 2.24) is 14.8 Å². The highest BCUT2D eigenvalue weighted by Crippen LogP contribution is 2.23. The van der Waals surface area contributed by atoms with Gasteiger partial charge in [-0.15, -0.1) is 10.2 Å². The normalized spacial score (nSPS) is 10.3. The molecule has 3 rings (SSSR count). The molecule has 1 N–H and O–H groups in total. The Morgan fingerprint density at radius 1 is 1.18 bits per heavy atom. The lowest BCUT2D eigenvalue weighted by molar-refractivity contribution is -0.113. The summed E-state index contributed by atoms with van der Waals surface area (Å²) in [5, 5.41) is 20.5. The molecule has 1 aromatic heterocycles. The molecule has 0 atom stereocenters. The Labute approximate surface area is 167 Å². The van der Waals surface area contributed by atoms with Crippen LogP contribution in [0.3, 0.4) is 0 Å². The zero-order chi connectivity index (χ0) is 19.9. The van der Waals surface area contributed by atoms with Crippen molar-refractivity contribution >= 4 is 23.4 Å². The number of hydrogen-bond donors (Lipinski definition) is 1. The molecule has 0 spiro atoms. The fourth-order valence-electron chi connectivity index (χ4n) is 2.59. The van der Waals surface area contributed by atoms with Gasteiger partial charge in [0.05, 0.1) is 25.4 Å². The standard InChI is InChI=1S/C20H19N5O2S/c1-14-23-24-20(25(14)17-7-9-18(27-2)10-8-17)28-13-19(26)22-16-5-3-15(4-6-16)11-12-21/h3-10H,11,13H2,1-2H3,(H,22,26). The number of aryl methyl sites for hydroxylation is 1. The van der Waals surface area contributed by atoms with Gasteiger partial charge in [0.25, 0.3) is 0 Å². The molecular formula is C20H19N5O2S. The van der Waals surface area contributed by atoms with Crippen molar-refractivity contribution in [2.75, 3.05) is 18.2 Å². The Morgan fingerprint density at radius 3 is 2.54 bits per heavy atom. The van der Waals surface area contributed by atoms with Crippen molar-refractivity contribution in [2.45, 2.75) is 18.5 Å². The van der Waals surface area contributed by atoms with E-state index >= 15 is 0 Å². The summed E-state index contributed by atoms with van der Waals surface area (Å²) in [4.78, 5) is 12.3. The smallest absolute Gasteiger partial charge is 0.234 e. The molecule has 1 amide bonds. The number of anilines is 1. The summed E-state index contributed by atoms with van der Waals surface area (Å²) in [5.74, 6) is 1.57. The number of nitriles is 1.